The van der Waals surface area contributed by atoms with Gasteiger partial charge in [0, 0.05) is 31.2 Å². The van der Waals surface area contributed by atoms with Crippen LogP contribution in [-0.2, 0) is 0 Å². The second-order valence-corrected chi connectivity index (χ2v) is 4.43. The molecule has 0 radical (unpaired) electrons. The third-order valence-corrected chi connectivity index (χ3v) is 3.07. The molecule has 1 heterocycles. The van der Waals surface area contributed by atoms with Crippen LogP contribution in [-0.4, -0.2) is 38.1 Å². The molecule has 1 aromatic rings. The molecule has 0 saturated carbocycles. The highest BCUT2D eigenvalue weighted by Crippen LogP contribution is 2.27. The number of rotatable bonds is 1. The van der Waals surface area contributed by atoms with E-state index in [2.05, 4.69) is 16.8 Å². The first-order chi connectivity index (χ1) is 7.16. The summed E-state index contributed by atoms with van der Waals surface area (Å²) in [7, 11) is 2.14. The lowest BCUT2D eigenvalue weighted by Crippen LogP contribution is -2.44. The van der Waals surface area contributed by atoms with Gasteiger partial charge in [0.15, 0.2) is 0 Å². The Bertz CT molecular complexity index is 352. The number of anilines is 2. The van der Waals surface area contributed by atoms with Crippen LogP contribution in [0.3, 0.4) is 0 Å². The number of hydrogen-bond acceptors (Lipinski definition) is 3. The quantitative estimate of drug-likeness (QED) is 0.809. The molecule has 3 nitrogen and oxygen atoms in total. The van der Waals surface area contributed by atoms with Crippen molar-refractivity contribution in [1.82, 2.24) is 4.90 Å². The topological polar surface area (TPSA) is 32.5 Å². The van der Waals surface area contributed by atoms with Crippen molar-refractivity contribution in [3.63, 3.8) is 0 Å². The molecule has 98 valence electrons. The van der Waals surface area contributed by atoms with E-state index in [0.717, 1.165) is 37.6 Å². The standard InChI is InChI=1S/C11H16ClN3.2ClH/c1-14-4-6-15(7-5-14)11-3-2-9(12)8-10(11)13;;/h2-3,8H,4-7,13H2,1H3;2*1H. The number of halogens is 3. The summed E-state index contributed by atoms with van der Waals surface area (Å²) >= 11 is 5.87. The Hall–Kier alpha value is -0.350. The van der Waals surface area contributed by atoms with Crippen molar-refractivity contribution >= 4 is 47.8 Å². The monoisotopic (exact) mass is 297 g/mol. The van der Waals surface area contributed by atoms with Crippen molar-refractivity contribution in [2.45, 2.75) is 0 Å². The molecule has 0 aromatic heterocycles. The first-order valence-corrected chi connectivity index (χ1v) is 5.53. The maximum Gasteiger partial charge on any atom is 0.0601 e. The molecule has 0 aliphatic carbocycles. The van der Waals surface area contributed by atoms with Crippen molar-refractivity contribution in [2.24, 2.45) is 0 Å². The normalized spacial score (nSPS) is 16.0. The van der Waals surface area contributed by atoms with Crippen LogP contribution in [0.5, 0.6) is 0 Å². The summed E-state index contributed by atoms with van der Waals surface area (Å²) in [4.78, 5) is 4.63. The molecule has 1 saturated heterocycles. The summed E-state index contributed by atoms with van der Waals surface area (Å²) < 4.78 is 0. The molecule has 0 amide bonds. The summed E-state index contributed by atoms with van der Waals surface area (Å²) in [5.41, 5.74) is 7.82. The lowest BCUT2D eigenvalue weighted by molar-refractivity contribution is 0.313. The van der Waals surface area contributed by atoms with Gasteiger partial charge >= 0.3 is 0 Å². The molecule has 2 rings (SSSR count). The van der Waals surface area contributed by atoms with Gasteiger partial charge in [-0.1, -0.05) is 11.6 Å². The number of nitrogen functional groups attached to an aromatic ring is 1. The van der Waals surface area contributed by atoms with E-state index in [1.807, 2.05) is 18.2 Å². The van der Waals surface area contributed by atoms with Gasteiger partial charge in [-0.3, -0.25) is 0 Å². The SMILES string of the molecule is CN1CCN(c2ccc(Cl)cc2N)CC1.Cl.Cl. The van der Waals surface area contributed by atoms with E-state index in [1.165, 1.54) is 0 Å². The fourth-order valence-corrected chi connectivity index (χ4v) is 2.04. The van der Waals surface area contributed by atoms with E-state index in [9.17, 15) is 0 Å². The predicted molar refractivity (Wildman–Crippen MR) is 80.1 cm³/mol. The predicted octanol–water partition coefficient (Wildman–Crippen LogP) is 2.52. The van der Waals surface area contributed by atoms with Gasteiger partial charge in [0.2, 0.25) is 0 Å². The summed E-state index contributed by atoms with van der Waals surface area (Å²) in [6, 6.07) is 5.71. The van der Waals surface area contributed by atoms with E-state index in [-0.39, 0.29) is 24.8 Å². The largest absolute Gasteiger partial charge is 0.397 e. The summed E-state index contributed by atoms with van der Waals surface area (Å²) in [6.45, 7) is 4.23. The van der Waals surface area contributed by atoms with Gasteiger partial charge in [0.25, 0.3) is 0 Å². The third kappa shape index (κ3) is 4.11. The molecule has 0 spiro atoms. The Kier molecular flexibility index (Phi) is 7.02. The highest BCUT2D eigenvalue weighted by molar-refractivity contribution is 6.31. The summed E-state index contributed by atoms with van der Waals surface area (Å²) in [5.74, 6) is 0. The van der Waals surface area contributed by atoms with Gasteiger partial charge < -0.3 is 15.5 Å². The van der Waals surface area contributed by atoms with Gasteiger partial charge in [-0.15, -0.1) is 24.8 Å². The van der Waals surface area contributed by atoms with Crippen molar-refractivity contribution in [3.05, 3.63) is 23.2 Å². The number of benzene rings is 1. The number of nitrogens with zero attached hydrogens (tertiary/aromatic N) is 2. The maximum absolute atomic E-state index is 5.95. The number of nitrogens with two attached hydrogens (primary N) is 1. The first kappa shape index (κ1) is 16.6. The Morgan fingerprint density at radius 3 is 2.24 bits per heavy atom. The third-order valence-electron chi connectivity index (χ3n) is 2.83. The smallest absolute Gasteiger partial charge is 0.0601 e. The van der Waals surface area contributed by atoms with Crippen LogP contribution in [0.2, 0.25) is 5.02 Å². The fourth-order valence-electron chi connectivity index (χ4n) is 1.86. The molecule has 6 heteroatoms. The second kappa shape index (κ2) is 7.17. The molecule has 2 N–H and O–H groups in total. The van der Waals surface area contributed by atoms with Crippen LogP contribution in [0.25, 0.3) is 0 Å². The zero-order chi connectivity index (χ0) is 10.8. The maximum atomic E-state index is 5.95. The van der Waals surface area contributed by atoms with Crippen LogP contribution in [0, 0.1) is 0 Å². The Balaban J connectivity index is 0.00000128. The van der Waals surface area contributed by atoms with Crippen molar-refractivity contribution in [3.8, 4) is 0 Å². The van der Waals surface area contributed by atoms with Crippen LogP contribution < -0.4 is 10.6 Å². The Morgan fingerprint density at radius 1 is 1.12 bits per heavy atom. The lowest BCUT2D eigenvalue weighted by Gasteiger charge is -2.34. The van der Waals surface area contributed by atoms with E-state index in [4.69, 9.17) is 17.3 Å². The average molecular weight is 299 g/mol. The minimum absolute atomic E-state index is 0. The molecule has 1 fully saturated rings. The molecule has 1 aliphatic heterocycles. The van der Waals surface area contributed by atoms with Crippen LogP contribution in [0.1, 0.15) is 0 Å². The van der Waals surface area contributed by atoms with E-state index >= 15 is 0 Å². The van der Waals surface area contributed by atoms with E-state index < -0.39 is 0 Å². The van der Waals surface area contributed by atoms with Crippen LogP contribution in [0.15, 0.2) is 18.2 Å². The molecular weight excluding hydrogens is 281 g/mol. The van der Waals surface area contributed by atoms with E-state index in [0.29, 0.717) is 5.02 Å². The van der Waals surface area contributed by atoms with Gasteiger partial charge in [-0.2, -0.15) is 0 Å². The van der Waals surface area contributed by atoms with Gasteiger partial charge in [-0.25, -0.2) is 0 Å². The van der Waals surface area contributed by atoms with Gasteiger partial charge in [0.05, 0.1) is 11.4 Å². The van der Waals surface area contributed by atoms with Crippen molar-refractivity contribution in [2.75, 3.05) is 43.9 Å². The lowest BCUT2D eigenvalue weighted by atomic mass is 10.2. The van der Waals surface area contributed by atoms with Crippen molar-refractivity contribution in [1.29, 1.82) is 0 Å². The molecule has 17 heavy (non-hydrogen) atoms. The minimum atomic E-state index is 0. The zero-order valence-electron chi connectivity index (χ0n) is 9.73. The Morgan fingerprint density at radius 2 is 1.71 bits per heavy atom. The molecule has 0 unspecified atom stereocenters. The minimum Gasteiger partial charge on any atom is -0.397 e. The highest BCUT2D eigenvalue weighted by Gasteiger charge is 2.15. The fraction of sp³-hybridized carbons (Fsp3) is 0.455. The molecule has 0 atom stereocenters. The zero-order valence-corrected chi connectivity index (χ0v) is 12.1. The molecular formula is C11H18Cl3N3. The van der Waals surface area contributed by atoms with Gasteiger partial charge in [0.1, 0.15) is 0 Å². The van der Waals surface area contributed by atoms with Crippen molar-refractivity contribution < 1.29 is 0 Å². The first-order valence-electron chi connectivity index (χ1n) is 5.15. The summed E-state index contributed by atoms with van der Waals surface area (Å²) in [5, 5.41) is 0.699. The van der Waals surface area contributed by atoms with E-state index in [1.54, 1.807) is 0 Å². The average Bonchev–Trinajstić information content (AvgIpc) is 2.20. The van der Waals surface area contributed by atoms with Crippen LogP contribution in [0.4, 0.5) is 11.4 Å². The summed E-state index contributed by atoms with van der Waals surface area (Å²) in [6.07, 6.45) is 0. The van der Waals surface area contributed by atoms with Crippen LogP contribution >= 0.6 is 36.4 Å². The Labute approximate surface area is 120 Å². The number of piperazine rings is 1. The number of likely N-dealkylation sites (N-methyl/N-ethyl adjacent to an activating group) is 1. The molecule has 1 aliphatic rings. The van der Waals surface area contributed by atoms with Gasteiger partial charge in [-0.05, 0) is 25.2 Å². The second-order valence-electron chi connectivity index (χ2n) is 3.99. The molecule has 1 aromatic carbocycles. The molecule has 0 bridgehead atoms. The number of hydrogen-bond donors (Lipinski definition) is 1. The highest BCUT2D eigenvalue weighted by atomic mass is 35.5.